The van der Waals surface area contributed by atoms with Gasteiger partial charge in [-0.05, 0) is 19.8 Å². The zero-order chi connectivity index (χ0) is 13.2. The minimum absolute atomic E-state index is 0.0339. The molecule has 1 fully saturated rings. The van der Waals surface area contributed by atoms with Gasteiger partial charge in [0.15, 0.2) is 5.03 Å². The number of nitrogens with one attached hydrogen (secondary N) is 2. The highest BCUT2D eigenvalue weighted by Crippen LogP contribution is 2.17. The number of aromatic nitrogens is 2. The summed E-state index contributed by atoms with van der Waals surface area (Å²) in [5.41, 5.74) is 0. The summed E-state index contributed by atoms with van der Waals surface area (Å²) in [7, 11) is -3.53. The van der Waals surface area contributed by atoms with Crippen LogP contribution in [0.25, 0.3) is 0 Å². The summed E-state index contributed by atoms with van der Waals surface area (Å²) in [6, 6.07) is -0.231. The van der Waals surface area contributed by atoms with E-state index in [-0.39, 0.29) is 17.2 Å². The first-order valence-electron chi connectivity index (χ1n) is 6.20. The maximum atomic E-state index is 12.1. The van der Waals surface area contributed by atoms with Crippen molar-refractivity contribution in [2.45, 2.75) is 50.3 Å². The Morgan fingerprint density at radius 3 is 3.00 bits per heavy atom. The van der Waals surface area contributed by atoms with Crippen molar-refractivity contribution in [1.82, 2.24) is 14.7 Å². The van der Waals surface area contributed by atoms with Gasteiger partial charge in [0, 0.05) is 19.1 Å². The van der Waals surface area contributed by atoms with Crippen molar-refractivity contribution in [1.29, 1.82) is 0 Å². The summed E-state index contributed by atoms with van der Waals surface area (Å²) in [4.78, 5) is 6.80. The quantitative estimate of drug-likeness (QED) is 0.832. The van der Waals surface area contributed by atoms with E-state index < -0.39 is 10.0 Å². The Bertz CT molecular complexity index is 491. The van der Waals surface area contributed by atoms with Gasteiger partial charge < -0.3 is 9.72 Å². The fourth-order valence-corrected chi connectivity index (χ4v) is 3.25. The van der Waals surface area contributed by atoms with Gasteiger partial charge in [-0.2, -0.15) is 0 Å². The number of aromatic amines is 1. The molecule has 18 heavy (non-hydrogen) atoms. The third-order valence-corrected chi connectivity index (χ3v) is 4.56. The Labute approximate surface area is 107 Å². The van der Waals surface area contributed by atoms with Gasteiger partial charge in [0.05, 0.1) is 12.3 Å². The maximum absolute atomic E-state index is 12.1. The van der Waals surface area contributed by atoms with Crippen LogP contribution in [0.5, 0.6) is 0 Å². The molecule has 0 aromatic carbocycles. The van der Waals surface area contributed by atoms with Crippen LogP contribution in [0.4, 0.5) is 0 Å². The molecule has 1 aliphatic rings. The van der Waals surface area contributed by atoms with E-state index in [1.165, 1.54) is 6.20 Å². The molecule has 0 spiro atoms. The van der Waals surface area contributed by atoms with Gasteiger partial charge in [-0.1, -0.05) is 6.92 Å². The lowest BCUT2D eigenvalue weighted by Gasteiger charge is -2.19. The fraction of sp³-hybridized carbons (Fsp3) is 0.727. The third-order valence-electron chi connectivity index (χ3n) is 3.09. The summed E-state index contributed by atoms with van der Waals surface area (Å²) >= 11 is 0. The molecule has 7 heteroatoms. The van der Waals surface area contributed by atoms with Crippen LogP contribution < -0.4 is 4.72 Å². The van der Waals surface area contributed by atoms with E-state index in [0.29, 0.717) is 18.9 Å². The first kappa shape index (κ1) is 13.5. The predicted molar refractivity (Wildman–Crippen MR) is 66.7 cm³/mol. The van der Waals surface area contributed by atoms with E-state index in [4.69, 9.17) is 4.74 Å². The van der Waals surface area contributed by atoms with Crippen molar-refractivity contribution < 1.29 is 13.2 Å². The second-order valence-electron chi connectivity index (χ2n) is 4.51. The van der Waals surface area contributed by atoms with E-state index in [9.17, 15) is 8.42 Å². The van der Waals surface area contributed by atoms with Crippen LogP contribution in [0.1, 0.15) is 32.5 Å². The van der Waals surface area contributed by atoms with Crippen LogP contribution in [0.3, 0.4) is 0 Å². The first-order valence-corrected chi connectivity index (χ1v) is 7.69. The molecule has 0 saturated carbocycles. The fourth-order valence-electron chi connectivity index (χ4n) is 2.04. The molecular formula is C11H19N3O3S. The lowest BCUT2D eigenvalue weighted by Crippen LogP contribution is -2.40. The summed E-state index contributed by atoms with van der Waals surface area (Å²) in [6.45, 7) is 4.45. The van der Waals surface area contributed by atoms with Crippen molar-refractivity contribution in [2.75, 3.05) is 6.61 Å². The smallest absolute Gasteiger partial charge is 0.257 e. The third kappa shape index (κ3) is 2.90. The highest BCUT2D eigenvalue weighted by atomic mass is 32.2. The lowest BCUT2D eigenvalue weighted by atomic mass is 10.1. The monoisotopic (exact) mass is 273 g/mol. The van der Waals surface area contributed by atoms with E-state index in [1.807, 2.05) is 13.8 Å². The topological polar surface area (TPSA) is 84.1 Å². The Balaban J connectivity index is 2.06. The molecule has 1 aliphatic heterocycles. The highest BCUT2D eigenvalue weighted by Gasteiger charge is 2.27. The molecule has 1 saturated heterocycles. The second kappa shape index (κ2) is 5.38. The summed E-state index contributed by atoms with van der Waals surface area (Å²) < 4.78 is 32.3. The highest BCUT2D eigenvalue weighted by molar-refractivity contribution is 7.89. The molecule has 2 rings (SSSR count). The Kier molecular flexibility index (Phi) is 4.04. The number of sulfonamides is 1. The second-order valence-corrected chi connectivity index (χ2v) is 6.19. The average molecular weight is 273 g/mol. The van der Waals surface area contributed by atoms with Crippen LogP contribution in [-0.4, -0.2) is 37.1 Å². The average Bonchev–Trinajstić information content (AvgIpc) is 3.00. The van der Waals surface area contributed by atoms with Crippen LogP contribution >= 0.6 is 0 Å². The minimum Gasteiger partial charge on any atom is -0.377 e. The van der Waals surface area contributed by atoms with Crippen LogP contribution in [-0.2, 0) is 21.2 Å². The molecule has 0 bridgehead atoms. The molecule has 2 unspecified atom stereocenters. The molecule has 0 aliphatic carbocycles. The van der Waals surface area contributed by atoms with Crippen molar-refractivity contribution in [3.05, 3.63) is 12.0 Å². The molecule has 0 radical (unpaired) electrons. The number of hydrogen-bond donors (Lipinski definition) is 2. The molecule has 6 nitrogen and oxygen atoms in total. The SMILES string of the molecule is CCc1ncc(S(=O)(=O)NC(C)C2CCCO2)[nH]1. The number of aryl methyl sites for hydroxylation is 1. The van der Waals surface area contributed by atoms with Crippen molar-refractivity contribution >= 4 is 10.0 Å². The van der Waals surface area contributed by atoms with E-state index in [0.717, 1.165) is 12.8 Å². The minimum atomic E-state index is -3.53. The zero-order valence-electron chi connectivity index (χ0n) is 10.6. The molecule has 1 aromatic heterocycles. The van der Waals surface area contributed by atoms with Crippen LogP contribution in [0.15, 0.2) is 11.2 Å². The van der Waals surface area contributed by atoms with Crippen molar-refractivity contribution in [2.24, 2.45) is 0 Å². The van der Waals surface area contributed by atoms with Gasteiger partial charge >= 0.3 is 0 Å². The first-order chi connectivity index (χ1) is 8.53. The lowest BCUT2D eigenvalue weighted by molar-refractivity contribution is 0.0902. The number of nitrogens with zero attached hydrogens (tertiary/aromatic N) is 1. The van der Waals surface area contributed by atoms with Crippen molar-refractivity contribution in [3.8, 4) is 0 Å². The van der Waals surface area contributed by atoms with E-state index >= 15 is 0 Å². The van der Waals surface area contributed by atoms with Gasteiger partial charge in [-0.3, -0.25) is 0 Å². The van der Waals surface area contributed by atoms with Gasteiger partial charge in [0.1, 0.15) is 5.82 Å². The number of imidazole rings is 1. The molecule has 1 aromatic rings. The number of hydrogen-bond acceptors (Lipinski definition) is 4. The van der Waals surface area contributed by atoms with Crippen LogP contribution in [0, 0.1) is 0 Å². The summed E-state index contributed by atoms with van der Waals surface area (Å²) in [6.07, 6.45) is 3.88. The van der Waals surface area contributed by atoms with Crippen LogP contribution in [0.2, 0.25) is 0 Å². The number of ether oxygens (including phenoxy) is 1. The largest absolute Gasteiger partial charge is 0.377 e. The molecule has 2 heterocycles. The predicted octanol–water partition coefficient (Wildman–Crippen LogP) is 0.818. The molecule has 2 N–H and O–H groups in total. The van der Waals surface area contributed by atoms with Crippen molar-refractivity contribution in [3.63, 3.8) is 0 Å². The maximum Gasteiger partial charge on any atom is 0.257 e. The molecule has 0 amide bonds. The molecule has 102 valence electrons. The van der Waals surface area contributed by atoms with Gasteiger partial charge in [-0.15, -0.1) is 0 Å². The Hall–Kier alpha value is -0.920. The van der Waals surface area contributed by atoms with Gasteiger partial charge in [0.2, 0.25) is 0 Å². The van der Waals surface area contributed by atoms with E-state index in [1.54, 1.807) is 0 Å². The normalized spacial score (nSPS) is 22.2. The molecule has 2 atom stereocenters. The number of H-pyrrole nitrogens is 1. The Morgan fingerprint density at radius 1 is 1.67 bits per heavy atom. The van der Waals surface area contributed by atoms with E-state index in [2.05, 4.69) is 14.7 Å². The Morgan fingerprint density at radius 2 is 2.44 bits per heavy atom. The van der Waals surface area contributed by atoms with Gasteiger partial charge in [0.25, 0.3) is 10.0 Å². The standard InChI is InChI=1S/C11H19N3O3S/c1-3-10-12-7-11(13-10)18(15,16)14-8(2)9-5-4-6-17-9/h7-9,14H,3-6H2,1-2H3,(H,12,13). The summed E-state index contributed by atoms with van der Waals surface area (Å²) in [5.74, 6) is 0.667. The summed E-state index contributed by atoms with van der Waals surface area (Å²) in [5, 5.41) is 0.115. The molecular weight excluding hydrogens is 254 g/mol. The number of rotatable bonds is 5. The zero-order valence-corrected chi connectivity index (χ0v) is 11.5. The van der Waals surface area contributed by atoms with Gasteiger partial charge in [-0.25, -0.2) is 18.1 Å².